The molecule has 1 atom stereocenters. The number of halogens is 1. The summed E-state index contributed by atoms with van der Waals surface area (Å²) < 4.78 is 13.4. The topological polar surface area (TPSA) is 56.1 Å². The first-order valence-electron chi connectivity index (χ1n) is 6.96. The summed E-state index contributed by atoms with van der Waals surface area (Å²) in [5, 5.41) is 12.2. The number of rotatable bonds is 3. The van der Waals surface area contributed by atoms with Crippen LogP contribution in [0.25, 0.3) is 0 Å². The van der Waals surface area contributed by atoms with Crippen LogP contribution in [-0.2, 0) is 4.79 Å². The highest BCUT2D eigenvalue weighted by Crippen LogP contribution is 2.26. The second-order valence-electron chi connectivity index (χ2n) is 5.40. The van der Waals surface area contributed by atoms with E-state index < -0.39 is 5.82 Å². The molecule has 1 aliphatic carbocycles. The molecule has 0 radical (unpaired) electrons. The summed E-state index contributed by atoms with van der Waals surface area (Å²) in [6.45, 7) is 0.623. The van der Waals surface area contributed by atoms with E-state index in [-0.39, 0.29) is 17.5 Å². The van der Waals surface area contributed by atoms with Gasteiger partial charge in [0.15, 0.2) is 0 Å². The maximum absolute atomic E-state index is 13.4. The predicted molar refractivity (Wildman–Crippen MR) is 72.6 cm³/mol. The average Bonchev–Trinajstić information content (AvgIpc) is 3.26. The van der Waals surface area contributed by atoms with E-state index in [0.29, 0.717) is 18.3 Å². The number of carbonyl (C=O) groups is 1. The van der Waals surface area contributed by atoms with Crippen LogP contribution in [0.1, 0.15) is 31.2 Å². The number of hydrogen-bond acceptors (Lipinski definition) is 3. The first kappa shape index (κ1) is 13.1. The van der Waals surface area contributed by atoms with Gasteiger partial charge in [0.05, 0.1) is 11.6 Å². The Bertz CT molecular complexity index is 577. The number of amides is 1. The molecule has 1 aromatic carbocycles. The van der Waals surface area contributed by atoms with E-state index in [1.54, 1.807) is 11.0 Å². The van der Waals surface area contributed by atoms with Crippen LogP contribution in [0.3, 0.4) is 0 Å². The number of carbonyl (C=O) groups excluding carboxylic acids is 1. The molecule has 1 aliphatic heterocycles. The van der Waals surface area contributed by atoms with E-state index in [9.17, 15) is 9.18 Å². The van der Waals surface area contributed by atoms with E-state index in [4.69, 9.17) is 5.26 Å². The molecular formula is C15H16FN3O. The zero-order chi connectivity index (χ0) is 14.1. The molecule has 1 amide bonds. The first-order chi connectivity index (χ1) is 9.69. The van der Waals surface area contributed by atoms with E-state index >= 15 is 0 Å². The molecule has 4 nitrogen and oxygen atoms in total. The van der Waals surface area contributed by atoms with Crippen molar-refractivity contribution in [2.75, 3.05) is 11.4 Å². The Kier molecular flexibility index (Phi) is 3.41. The Balaban J connectivity index is 1.81. The summed E-state index contributed by atoms with van der Waals surface area (Å²) in [6.07, 6.45) is 4.03. The fourth-order valence-corrected chi connectivity index (χ4v) is 2.59. The van der Waals surface area contributed by atoms with Crippen LogP contribution in [0, 0.1) is 17.1 Å². The molecule has 0 aromatic heterocycles. The zero-order valence-corrected chi connectivity index (χ0v) is 11.1. The fraction of sp³-hybridized carbons (Fsp3) is 0.467. The number of piperidine rings is 1. The van der Waals surface area contributed by atoms with E-state index in [1.165, 1.54) is 12.1 Å². The SMILES string of the molecule is N#Cc1cc(N2CCCC(NC3CC3)C2=O)ccc1F. The van der Waals surface area contributed by atoms with Crippen LogP contribution < -0.4 is 10.2 Å². The van der Waals surface area contributed by atoms with Gasteiger partial charge in [-0.1, -0.05) is 0 Å². The van der Waals surface area contributed by atoms with Crippen molar-refractivity contribution >= 4 is 11.6 Å². The average molecular weight is 273 g/mol. The predicted octanol–water partition coefficient (Wildman–Crippen LogP) is 1.94. The number of nitrogens with one attached hydrogen (secondary N) is 1. The second-order valence-corrected chi connectivity index (χ2v) is 5.40. The molecule has 20 heavy (non-hydrogen) atoms. The molecule has 2 fully saturated rings. The van der Waals surface area contributed by atoms with Crippen molar-refractivity contribution in [3.05, 3.63) is 29.6 Å². The second kappa shape index (κ2) is 5.22. The van der Waals surface area contributed by atoms with Crippen LogP contribution in [0.2, 0.25) is 0 Å². The number of anilines is 1. The summed E-state index contributed by atoms with van der Waals surface area (Å²) >= 11 is 0. The molecular weight excluding hydrogens is 257 g/mol. The molecule has 3 rings (SSSR count). The van der Waals surface area contributed by atoms with Crippen LogP contribution >= 0.6 is 0 Å². The summed E-state index contributed by atoms with van der Waals surface area (Å²) in [4.78, 5) is 14.1. The number of benzene rings is 1. The van der Waals surface area contributed by atoms with Crippen LogP contribution in [0.15, 0.2) is 18.2 Å². The minimum Gasteiger partial charge on any atom is -0.311 e. The summed E-state index contributed by atoms with van der Waals surface area (Å²) in [6, 6.07) is 6.41. The van der Waals surface area contributed by atoms with Crippen molar-refractivity contribution in [3.8, 4) is 6.07 Å². The Morgan fingerprint density at radius 1 is 1.35 bits per heavy atom. The smallest absolute Gasteiger partial charge is 0.244 e. The van der Waals surface area contributed by atoms with Crippen LogP contribution in [0.4, 0.5) is 10.1 Å². The van der Waals surface area contributed by atoms with Crippen molar-refractivity contribution in [2.45, 2.75) is 37.8 Å². The minimum atomic E-state index is -0.548. The third kappa shape index (κ3) is 2.52. The Morgan fingerprint density at radius 2 is 2.15 bits per heavy atom. The Hall–Kier alpha value is -1.93. The molecule has 104 valence electrons. The maximum atomic E-state index is 13.4. The normalized spacial score (nSPS) is 22.7. The van der Waals surface area contributed by atoms with Gasteiger partial charge in [-0.2, -0.15) is 5.26 Å². The summed E-state index contributed by atoms with van der Waals surface area (Å²) in [5.41, 5.74) is 0.586. The highest BCUT2D eigenvalue weighted by molar-refractivity contribution is 5.98. The minimum absolute atomic E-state index is 0.0208. The molecule has 1 heterocycles. The van der Waals surface area contributed by atoms with E-state index in [0.717, 1.165) is 25.7 Å². The Labute approximate surface area is 117 Å². The molecule has 2 aliphatic rings. The summed E-state index contributed by atoms with van der Waals surface area (Å²) in [5.74, 6) is -0.521. The molecule has 1 saturated carbocycles. The third-order valence-corrected chi connectivity index (χ3v) is 3.83. The fourth-order valence-electron chi connectivity index (χ4n) is 2.59. The summed E-state index contributed by atoms with van der Waals surface area (Å²) in [7, 11) is 0. The molecule has 1 unspecified atom stereocenters. The van der Waals surface area contributed by atoms with Gasteiger partial charge in [0, 0.05) is 18.3 Å². The lowest BCUT2D eigenvalue weighted by Gasteiger charge is -2.33. The Morgan fingerprint density at radius 3 is 2.85 bits per heavy atom. The first-order valence-corrected chi connectivity index (χ1v) is 6.96. The molecule has 0 spiro atoms. The van der Waals surface area contributed by atoms with Crippen molar-refractivity contribution in [3.63, 3.8) is 0 Å². The van der Waals surface area contributed by atoms with Gasteiger partial charge in [-0.25, -0.2) is 4.39 Å². The standard InChI is InChI=1S/C15H16FN3O/c16-13-6-5-12(8-10(13)9-17)19-7-1-2-14(15(19)20)18-11-3-4-11/h5-6,8,11,14,18H,1-4,7H2. The van der Waals surface area contributed by atoms with Gasteiger partial charge in [0.2, 0.25) is 5.91 Å². The van der Waals surface area contributed by atoms with Gasteiger partial charge in [0.25, 0.3) is 0 Å². The molecule has 0 bridgehead atoms. The van der Waals surface area contributed by atoms with Crippen LogP contribution in [0.5, 0.6) is 0 Å². The third-order valence-electron chi connectivity index (χ3n) is 3.83. The van der Waals surface area contributed by atoms with Gasteiger partial charge in [-0.05, 0) is 43.9 Å². The molecule has 5 heteroatoms. The molecule has 1 N–H and O–H groups in total. The lowest BCUT2D eigenvalue weighted by Crippen LogP contribution is -2.51. The maximum Gasteiger partial charge on any atom is 0.244 e. The highest BCUT2D eigenvalue weighted by Gasteiger charge is 2.34. The van der Waals surface area contributed by atoms with Crippen molar-refractivity contribution in [1.29, 1.82) is 5.26 Å². The van der Waals surface area contributed by atoms with Crippen molar-refractivity contribution in [1.82, 2.24) is 5.32 Å². The van der Waals surface area contributed by atoms with Gasteiger partial charge in [-0.3, -0.25) is 4.79 Å². The van der Waals surface area contributed by atoms with Gasteiger partial charge >= 0.3 is 0 Å². The zero-order valence-electron chi connectivity index (χ0n) is 11.1. The molecule has 1 saturated heterocycles. The number of nitrogens with zero attached hydrogens (tertiary/aromatic N) is 2. The number of nitriles is 1. The van der Waals surface area contributed by atoms with E-state index in [1.807, 2.05) is 6.07 Å². The van der Waals surface area contributed by atoms with Gasteiger partial charge in [-0.15, -0.1) is 0 Å². The highest BCUT2D eigenvalue weighted by atomic mass is 19.1. The lowest BCUT2D eigenvalue weighted by molar-refractivity contribution is -0.121. The quantitative estimate of drug-likeness (QED) is 0.915. The largest absolute Gasteiger partial charge is 0.311 e. The van der Waals surface area contributed by atoms with E-state index in [2.05, 4.69) is 5.32 Å². The monoisotopic (exact) mass is 273 g/mol. The van der Waals surface area contributed by atoms with Gasteiger partial charge in [0.1, 0.15) is 11.9 Å². The van der Waals surface area contributed by atoms with Crippen LogP contribution in [-0.4, -0.2) is 24.5 Å². The van der Waals surface area contributed by atoms with Crippen molar-refractivity contribution in [2.24, 2.45) is 0 Å². The lowest BCUT2D eigenvalue weighted by atomic mass is 10.0. The van der Waals surface area contributed by atoms with Gasteiger partial charge < -0.3 is 10.2 Å². The molecule has 1 aromatic rings. The number of hydrogen-bond donors (Lipinski definition) is 1. The van der Waals surface area contributed by atoms with Crippen molar-refractivity contribution < 1.29 is 9.18 Å².